The first kappa shape index (κ1) is 13.0. The molecule has 0 bridgehead atoms. The molecule has 0 atom stereocenters. The average Bonchev–Trinajstić information content (AvgIpc) is 2.50. The highest BCUT2D eigenvalue weighted by Gasteiger charge is 2.15. The molecule has 0 radical (unpaired) electrons. The normalized spacial score (nSPS) is 16.1. The summed E-state index contributed by atoms with van der Waals surface area (Å²) >= 11 is 0. The van der Waals surface area contributed by atoms with Crippen LogP contribution in [0.25, 0.3) is 11.4 Å². The first-order valence-corrected chi connectivity index (χ1v) is 6.77. The topological polar surface area (TPSA) is 47.0 Å². The molecule has 2 aromatic rings. The fraction of sp³-hybridized carbons (Fsp3) is 0.333. The molecule has 104 valence electrons. The number of rotatable bonds is 3. The van der Waals surface area contributed by atoms with E-state index in [1.54, 1.807) is 30.6 Å². The minimum absolute atomic E-state index is 0.208. The summed E-state index contributed by atoms with van der Waals surface area (Å²) in [5, 5.41) is 3.28. The number of ether oxygens (including phenoxy) is 1. The zero-order valence-electron chi connectivity index (χ0n) is 11.1. The summed E-state index contributed by atoms with van der Waals surface area (Å²) in [5.74, 6) is 0.692. The minimum Gasteiger partial charge on any atom is -0.487 e. The Kier molecular flexibility index (Phi) is 3.87. The van der Waals surface area contributed by atoms with Crippen molar-refractivity contribution >= 4 is 0 Å². The van der Waals surface area contributed by atoms with Crippen molar-refractivity contribution in [3.05, 3.63) is 42.5 Å². The Balaban J connectivity index is 1.73. The Hall–Kier alpha value is -2.01. The molecule has 1 aromatic carbocycles. The van der Waals surface area contributed by atoms with Crippen LogP contribution in [-0.4, -0.2) is 29.2 Å². The van der Waals surface area contributed by atoms with Crippen LogP contribution in [0.1, 0.15) is 12.8 Å². The van der Waals surface area contributed by atoms with E-state index in [0.29, 0.717) is 17.1 Å². The number of piperidine rings is 1. The predicted octanol–water partition coefficient (Wildman–Crippen LogP) is 2.41. The number of halogens is 1. The Morgan fingerprint density at radius 2 is 1.80 bits per heavy atom. The summed E-state index contributed by atoms with van der Waals surface area (Å²) in [6.45, 7) is 1.94. The van der Waals surface area contributed by atoms with Crippen LogP contribution in [0, 0.1) is 5.82 Å². The monoisotopic (exact) mass is 273 g/mol. The van der Waals surface area contributed by atoms with Gasteiger partial charge in [-0.25, -0.2) is 14.4 Å². The third kappa shape index (κ3) is 2.93. The highest BCUT2D eigenvalue weighted by Crippen LogP contribution is 2.20. The first-order valence-electron chi connectivity index (χ1n) is 6.77. The molecule has 1 aliphatic rings. The van der Waals surface area contributed by atoms with Gasteiger partial charge in [0.05, 0.1) is 18.0 Å². The second-order valence-electron chi connectivity index (χ2n) is 4.79. The van der Waals surface area contributed by atoms with Crippen molar-refractivity contribution < 1.29 is 9.13 Å². The van der Waals surface area contributed by atoms with E-state index >= 15 is 0 Å². The fourth-order valence-corrected chi connectivity index (χ4v) is 2.26. The van der Waals surface area contributed by atoms with Crippen molar-refractivity contribution in [3.8, 4) is 17.1 Å². The lowest BCUT2D eigenvalue weighted by Crippen LogP contribution is -2.34. The predicted molar refractivity (Wildman–Crippen MR) is 73.9 cm³/mol. The number of hydrogen-bond donors (Lipinski definition) is 1. The van der Waals surface area contributed by atoms with Gasteiger partial charge in [-0.05, 0) is 38.1 Å². The number of aromatic nitrogens is 2. The molecule has 0 aliphatic carbocycles. The van der Waals surface area contributed by atoms with Gasteiger partial charge in [-0.1, -0.05) is 12.1 Å². The number of nitrogens with zero attached hydrogens (tertiary/aromatic N) is 2. The largest absolute Gasteiger partial charge is 0.487 e. The van der Waals surface area contributed by atoms with Crippen molar-refractivity contribution in [1.29, 1.82) is 0 Å². The van der Waals surface area contributed by atoms with E-state index in [1.165, 1.54) is 6.07 Å². The van der Waals surface area contributed by atoms with Gasteiger partial charge in [-0.3, -0.25) is 0 Å². The third-order valence-corrected chi connectivity index (χ3v) is 3.33. The maximum absolute atomic E-state index is 13.6. The van der Waals surface area contributed by atoms with Crippen LogP contribution in [0.5, 0.6) is 5.75 Å². The second-order valence-corrected chi connectivity index (χ2v) is 4.79. The van der Waals surface area contributed by atoms with Gasteiger partial charge in [0.1, 0.15) is 11.9 Å². The molecule has 1 aliphatic heterocycles. The van der Waals surface area contributed by atoms with Gasteiger partial charge in [-0.2, -0.15) is 0 Å². The van der Waals surface area contributed by atoms with E-state index in [1.807, 2.05) is 0 Å². The Bertz CT molecular complexity index is 568. The van der Waals surface area contributed by atoms with Gasteiger partial charge in [-0.15, -0.1) is 0 Å². The summed E-state index contributed by atoms with van der Waals surface area (Å²) in [6, 6.07) is 6.48. The molecular weight excluding hydrogens is 257 g/mol. The van der Waals surface area contributed by atoms with E-state index in [9.17, 15) is 4.39 Å². The molecule has 2 heterocycles. The summed E-state index contributed by atoms with van der Waals surface area (Å²) in [5.41, 5.74) is 0.404. The Morgan fingerprint density at radius 3 is 2.50 bits per heavy atom. The van der Waals surface area contributed by atoms with E-state index in [2.05, 4.69) is 15.3 Å². The standard InChI is InChI=1S/C15H16FN3O/c16-14-4-2-1-3-13(14)15-18-9-12(10-19-15)20-11-5-7-17-8-6-11/h1-4,9-11,17H,5-8H2. The van der Waals surface area contributed by atoms with E-state index in [0.717, 1.165) is 25.9 Å². The summed E-state index contributed by atoms with van der Waals surface area (Å²) < 4.78 is 19.4. The lowest BCUT2D eigenvalue weighted by Gasteiger charge is -2.23. The average molecular weight is 273 g/mol. The lowest BCUT2D eigenvalue weighted by atomic mass is 10.1. The molecule has 1 saturated heterocycles. The molecule has 1 aromatic heterocycles. The van der Waals surface area contributed by atoms with E-state index in [-0.39, 0.29) is 11.9 Å². The van der Waals surface area contributed by atoms with Gasteiger partial charge >= 0.3 is 0 Å². The zero-order valence-corrected chi connectivity index (χ0v) is 11.1. The van der Waals surface area contributed by atoms with Crippen LogP contribution in [-0.2, 0) is 0 Å². The fourth-order valence-electron chi connectivity index (χ4n) is 2.26. The first-order chi connectivity index (χ1) is 9.83. The van der Waals surface area contributed by atoms with Gasteiger partial charge < -0.3 is 10.1 Å². The maximum Gasteiger partial charge on any atom is 0.162 e. The molecule has 1 N–H and O–H groups in total. The van der Waals surface area contributed by atoms with Crippen molar-refractivity contribution in [2.24, 2.45) is 0 Å². The second kappa shape index (κ2) is 5.96. The van der Waals surface area contributed by atoms with Crippen LogP contribution in [0.2, 0.25) is 0 Å². The Morgan fingerprint density at radius 1 is 1.10 bits per heavy atom. The molecule has 4 nitrogen and oxygen atoms in total. The molecule has 5 heteroatoms. The van der Waals surface area contributed by atoms with Crippen LogP contribution >= 0.6 is 0 Å². The van der Waals surface area contributed by atoms with Crippen LogP contribution < -0.4 is 10.1 Å². The number of hydrogen-bond acceptors (Lipinski definition) is 4. The van der Waals surface area contributed by atoms with Crippen LogP contribution in [0.3, 0.4) is 0 Å². The highest BCUT2D eigenvalue weighted by atomic mass is 19.1. The van der Waals surface area contributed by atoms with Crippen LogP contribution in [0.4, 0.5) is 4.39 Å². The van der Waals surface area contributed by atoms with E-state index < -0.39 is 0 Å². The van der Waals surface area contributed by atoms with Gasteiger partial charge in [0.15, 0.2) is 11.6 Å². The zero-order chi connectivity index (χ0) is 13.8. The van der Waals surface area contributed by atoms with Gasteiger partial charge in [0, 0.05) is 0 Å². The van der Waals surface area contributed by atoms with Gasteiger partial charge in [0.2, 0.25) is 0 Å². The minimum atomic E-state index is -0.320. The Labute approximate surface area is 117 Å². The van der Waals surface area contributed by atoms with Gasteiger partial charge in [0.25, 0.3) is 0 Å². The molecular formula is C15H16FN3O. The van der Waals surface area contributed by atoms with Crippen molar-refractivity contribution in [2.45, 2.75) is 18.9 Å². The highest BCUT2D eigenvalue weighted by molar-refractivity contribution is 5.55. The van der Waals surface area contributed by atoms with Crippen molar-refractivity contribution in [3.63, 3.8) is 0 Å². The maximum atomic E-state index is 13.6. The van der Waals surface area contributed by atoms with Crippen molar-refractivity contribution in [1.82, 2.24) is 15.3 Å². The van der Waals surface area contributed by atoms with Crippen molar-refractivity contribution in [2.75, 3.05) is 13.1 Å². The summed E-state index contributed by atoms with van der Waals surface area (Å²) in [4.78, 5) is 8.37. The smallest absolute Gasteiger partial charge is 0.162 e. The molecule has 0 spiro atoms. The lowest BCUT2D eigenvalue weighted by molar-refractivity contribution is 0.161. The molecule has 0 amide bonds. The summed E-state index contributed by atoms with van der Waals surface area (Å²) in [6.07, 6.45) is 5.39. The SMILES string of the molecule is Fc1ccccc1-c1ncc(OC2CCNCC2)cn1. The molecule has 1 fully saturated rings. The third-order valence-electron chi connectivity index (χ3n) is 3.33. The van der Waals surface area contributed by atoms with Crippen LogP contribution in [0.15, 0.2) is 36.7 Å². The van der Waals surface area contributed by atoms with E-state index in [4.69, 9.17) is 4.74 Å². The molecule has 20 heavy (non-hydrogen) atoms. The molecule has 0 saturated carbocycles. The molecule has 0 unspecified atom stereocenters. The number of benzene rings is 1. The number of nitrogens with one attached hydrogen (secondary N) is 1. The molecule has 3 rings (SSSR count). The quantitative estimate of drug-likeness (QED) is 0.933. The summed E-state index contributed by atoms with van der Waals surface area (Å²) in [7, 11) is 0.